The van der Waals surface area contributed by atoms with E-state index in [-0.39, 0.29) is 5.84 Å². The summed E-state index contributed by atoms with van der Waals surface area (Å²) in [5, 5.41) is 14.2. The Balaban J connectivity index is 1.53. The maximum absolute atomic E-state index is 12.4. The maximum Gasteiger partial charge on any atom is 0.413 e. The van der Waals surface area contributed by atoms with E-state index >= 15 is 0 Å². The van der Waals surface area contributed by atoms with Crippen LogP contribution in [-0.4, -0.2) is 22.1 Å². The van der Waals surface area contributed by atoms with Gasteiger partial charge in [-0.25, -0.2) is 9.78 Å². The van der Waals surface area contributed by atoms with Crippen molar-refractivity contribution in [1.29, 1.82) is 0 Å². The zero-order chi connectivity index (χ0) is 18.8. The average Bonchev–Trinajstić information content (AvgIpc) is 3.02. The Hall–Kier alpha value is -3.87. The van der Waals surface area contributed by atoms with E-state index in [4.69, 9.17) is 15.7 Å². The third-order valence-electron chi connectivity index (χ3n) is 4.40. The fraction of sp³-hybridized carbons (Fsp3) is 0.0500. The highest BCUT2D eigenvalue weighted by Gasteiger charge is 2.31. The monoisotopic (exact) mass is 360 g/mol. The van der Waals surface area contributed by atoms with Crippen molar-refractivity contribution in [3.63, 3.8) is 0 Å². The minimum absolute atomic E-state index is 0.0594. The standard InChI is InChI=1S/C20H16N4O3/c21-19(24-26)12-9-10-17(22-11-12)23-20(25)27-18-15-7-3-1-5-13(15)14-6-2-4-8-16(14)18/h1-11,18,26H,(H2,21,24)(H,22,23,25). The van der Waals surface area contributed by atoms with Gasteiger partial charge in [0, 0.05) is 22.9 Å². The number of pyridine rings is 1. The van der Waals surface area contributed by atoms with Gasteiger partial charge >= 0.3 is 6.09 Å². The topological polar surface area (TPSA) is 110 Å². The maximum atomic E-state index is 12.4. The van der Waals surface area contributed by atoms with Crippen LogP contribution >= 0.6 is 0 Å². The van der Waals surface area contributed by atoms with Crippen LogP contribution in [0.25, 0.3) is 11.1 Å². The molecule has 7 nitrogen and oxygen atoms in total. The van der Waals surface area contributed by atoms with Crippen LogP contribution in [0.4, 0.5) is 10.6 Å². The summed E-state index contributed by atoms with van der Waals surface area (Å²) in [7, 11) is 0. The zero-order valence-corrected chi connectivity index (χ0v) is 14.2. The summed E-state index contributed by atoms with van der Waals surface area (Å²) in [4.78, 5) is 16.5. The van der Waals surface area contributed by atoms with Crippen LogP contribution in [0.2, 0.25) is 0 Å². The second-order valence-electron chi connectivity index (χ2n) is 6.00. The first-order valence-electron chi connectivity index (χ1n) is 8.27. The van der Waals surface area contributed by atoms with E-state index in [1.165, 1.54) is 6.20 Å². The molecular formula is C20H16N4O3. The molecule has 0 unspecified atom stereocenters. The Bertz CT molecular complexity index is 986. The molecule has 0 atom stereocenters. The lowest BCUT2D eigenvalue weighted by molar-refractivity contribution is 0.133. The highest BCUT2D eigenvalue weighted by molar-refractivity contribution is 5.97. The summed E-state index contributed by atoms with van der Waals surface area (Å²) in [6, 6.07) is 18.8. The zero-order valence-electron chi connectivity index (χ0n) is 14.2. The van der Waals surface area contributed by atoms with Crippen LogP contribution in [0.15, 0.2) is 72.0 Å². The number of anilines is 1. The lowest BCUT2D eigenvalue weighted by Gasteiger charge is -2.15. The minimum atomic E-state index is -0.615. The van der Waals surface area contributed by atoms with Gasteiger partial charge in [-0.15, -0.1) is 0 Å². The van der Waals surface area contributed by atoms with Crippen LogP contribution in [0.5, 0.6) is 0 Å². The number of oxime groups is 1. The highest BCUT2D eigenvalue weighted by Crippen LogP contribution is 2.45. The summed E-state index contributed by atoms with van der Waals surface area (Å²) in [5.74, 6) is 0.241. The molecule has 1 amide bonds. The molecule has 1 aromatic heterocycles. The van der Waals surface area contributed by atoms with Crippen molar-refractivity contribution in [1.82, 2.24) is 4.98 Å². The van der Waals surface area contributed by atoms with Crippen LogP contribution in [0, 0.1) is 0 Å². The number of ether oxygens (including phenoxy) is 1. The number of rotatable bonds is 3. The number of fused-ring (bicyclic) bond motifs is 3. The number of hydrogen-bond acceptors (Lipinski definition) is 5. The minimum Gasteiger partial charge on any atom is -0.436 e. The third kappa shape index (κ3) is 3.06. The number of hydrogen-bond donors (Lipinski definition) is 3. The molecule has 3 aromatic rings. The number of nitrogens with one attached hydrogen (secondary N) is 1. The Morgan fingerprint density at radius 3 is 2.22 bits per heavy atom. The Labute approximate surface area is 155 Å². The molecule has 0 saturated carbocycles. The van der Waals surface area contributed by atoms with E-state index < -0.39 is 12.2 Å². The molecule has 7 heteroatoms. The first-order chi connectivity index (χ1) is 13.2. The molecule has 4 N–H and O–H groups in total. The second kappa shape index (κ2) is 6.80. The van der Waals surface area contributed by atoms with Crippen molar-refractivity contribution in [3.05, 3.63) is 83.6 Å². The molecule has 27 heavy (non-hydrogen) atoms. The Kier molecular flexibility index (Phi) is 4.18. The van der Waals surface area contributed by atoms with Gasteiger partial charge < -0.3 is 15.7 Å². The van der Waals surface area contributed by atoms with Crippen LogP contribution < -0.4 is 11.1 Å². The summed E-state index contributed by atoms with van der Waals surface area (Å²) < 4.78 is 5.69. The van der Waals surface area contributed by atoms with E-state index in [1.54, 1.807) is 12.1 Å². The summed E-state index contributed by atoms with van der Waals surface area (Å²) in [5.41, 5.74) is 9.95. The van der Waals surface area contributed by atoms with Crippen molar-refractivity contribution in [2.75, 3.05) is 5.32 Å². The van der Waals surface area contributed by atoms with Gasteiger partial charge in [-0.2, -0.15) is 0 Å². The number of amidine groups is 1. The molecule has 1 heterocycles. The van der Waals surface area contributed by atoms with E-state index in [2.05, 4.69) is 15.5 Å². The number of carbonyl (C=O) groups is 1. The predicted molar refractivity (Wildman–Crippen MR) is 101 cm³/mol. The van der Waals surface area contributed by atoms with E-state index in [1.807, 2.05) is 48.5 Å². The Morgan fingerprint density at radius 2 is 1.67 bits per heavy atom. The van der Waals surface area contributed by atoms with Gasteiger partial charge in [-0.1, -0.05) is 53.7 Å². The SMILES string of the molecule is N/C(=N\O)c1ccc(NC(=O)OC2c3ccccc3-c3ccccc32)nc1. The number of carbonyl (C=O) groups excluding carboxylic acids is 1. The smallest absolute Gasteiger partial charge is 0.413 e. The molecule has 0 radical (unpaired) electrons. The molecule has 0 spiro atoms. The number of aromatic nitrogens is 1. The van der Waals surface area contributed by atoms with Gasteiger partial charge in [-0.3, -0.25) is 5.32 Å². The van der Waals surface area contributed by atoms with Crippen LogP contribution in [0.3, 0.4) is 0 Å². The van der Waals surface area contributed by atoms with Gasteiger partial charge in [0.2, 0.25) is 0 Å². The fourth-order valence-electron chi connectivity index (χ4n) is 3.15. The molecule has 1 aliphatic rings. The van der Waals surface area contributed by atoms with Crippen molar-refractivity contribution in [2.45, 2.75) is 6.10 Å². The van der Waals surface area contributed by atoms with E-state index in [0.717, 1.165) is 22.3 Å². The second-order valence-corrected chi connectivity index (χ2v) is 6.00. The normalized spacial score (nSPS) is 13.0. The fourth-order valence-corrected chi connectivity index (χ4v) is 3.15. The predicted octanol–water partition coefficient (Wildman–Crippen LogP) is 3.49. The molecule has 2 aromatic carbocycles. The molecule has 1 aliphatic carbocycles. The van der Waals surface area contributed by atoms with Crippen molar-refractivity contribution in [3.8, 4) is 11.1 Å². The molecule has 0 fully saturated rings. The third-order valence-corrected chi connectivity index (χ3v) is 4.40. The van der Waals surface area contributed by atoms with Crippen LogP contribution in [0.1, 0.15) is 22.8 Å². The summed E-state index contributed by atoms with van der Waals surface area (Å²) in [6.07, 6.45) is 0.301. The number of nitrogens with zero attached hydrogens (tertiary/aromatic N) is 2. The Morgan fingerprint density at radius 1 is 1.04 bits per heavy atom. The number of benzene rings is 2. The molecule has 4 rings (SSSR count). The van der Waals surface area contributed by atoms with Crippen LogP contribution in [-0.2, 0) is 4.74 Å². The first-order valence-corrected chi connectivity index (χ1v) is 8.27. The van der Waals surface area contributed by atoms with Crippen molar-refractivity contribution < 1.29 is 14.7 Å². The summed E-state index contributed by atoms with van der Waals surface area (Å²) in [6.45, 7) is 0. The lowest BCUT2D eigenvalue weighted by atomic mass is 10.1. The molecule has 0 bridgehead atoms. The summed E-state index contributed by atoms with van der Waals surface area (Å²) >= 11 is 0. The quantitative estimate of drug-likeness (QED) is 0.287. The van der Waals surface area contributed by atoms with Crippen molar-refractivity contribution >= 4 is 17.7 Å². The van der Waals surface area contributed by atoms with Gasteiger partial charge in [0.1, 0.15) is 5.82 Å². The molecule has 134 valence electrons. The largest absolute Gasteiger partial charge is 0.436 e. The number of amides is 1. The van der Waals surface area contributed by atoms with Crippen molar-refractivity contribution in [2.24, 2.45) is 10.9 Å². The molecule has 0 aliphatic heterocycles. The van der Waals surface area contributed by atoms with Gasteiger partial charge in [-0.05, 0) is 23.3 Å². The average molecular weight is 360 g/mol. The lowest BCUT2D eigenvalue weighted by Crippen LogP contribution is -2.18. The number of nitrogens with two attached hydrogens (primary N) is 1. The first kappa shape index (κ1) is 16.6. The van der Waals surface area contributed by atoms with Gasteiger partial charge in [0.05, 0.1) is 0 Å². The van der Waals surface area contributed by atoms with Gasteiger partial charge in [0.15, 0.2) is 11.9 Å². The molecule has 0 saturated heterocycles. The highest BCUT2D eigenvalue weighted by atomic mass is 16.6. The molecular weight excluding hydrogens is 344 g/mol. The van der Waals surface area contributed by atoms with E-state index in [0.29, 0.717) is 11.4 Å². The van der Waals surface area contributed by atoms with E-state index in [9.17, 15) is 4.79 Å². The van der Waals surface area contributed by atoms with Gasteiger partial charge in [0.25, 0.3) is 0 Å².